The van der Waals surface area contributed by atoms with Crippen LogP contribution in [0.5, 0.6) is 11.5 Å². The molecule has 0 amide bonds. The van der Waals surface area contributed by atoms with Crippen molar-refractivity contribution in [2.24, 2.45) is 11.7 Å². The standard InChI is InChI=1S/C16H26N2O2/c1-3-20-15-6-4-5-14(16(15)19)11-18-9-7-13(8-10-18)12(2)17/h4-6,12-13,19H,3,7-11,17H2,1-2H3. The Bertz CT molecular complexity index is 426. The van der Waals surface area contributed by atoms with Crippen LogP contribution in [0, 0.1) is 5.92 Å². The summed E-state index contributed by atoms with van der Waals surface area (Å²) in [6.45, 7) is 7.45. The van der Waals surface area contributed by atoms with E-state index in [4.69, 9.17) is 10.5 Å². The van der Waals surface area contributed by atoms with E-state index in [2.05, 4.69) is 11.8 Å². The molecule has 0 aromatic heterocycles. The molecule has 1 heterocycles. The molecular weight excluding hydrogens is 252 g/mol. The van der Waals surface area contributed by atoms with Crippen LogP contribution in [0.15, 0.2) is 18.2 Å². The molecule has 1 aromatic carbocycles. The number of benzene rings is 1. The molecule has 2 rings (SSSR count). The Morgan fingerprint density at radius 2 is 2.10 bits per heavy atom. The van der Waals surface area contributed by atoms with Crippen molar-refractivity contribution in [3.63, 3.8) is 0 Å². The first-order chi connectivity index (χ1) is 9.61. The minimum Gasteiger partial charge on any atom is -0.504 e. The number of aromatic hydroxyl groups is 1. The van der Waals surface area contributed by atoms with Crippen LogP contribution in [0.1, 0.15) is 32.3 Å². The molecule has 20 heavy (non-hydrogen) atoms. The minimum absolute atomic E-state index is 0.281. The molecular formula is C16H26N2O2. The Morgan fingerprint density at radius 1 is 1.40 bits per heavy atom. The highest BCUT2D eigenvalue weighted by Crippen LogP contribution is 2.31. The molecule has 112 valence electrons. The summed E-state index contributed by atoms with van der Waals surface area (Å²) in [5, 5.41) is 10.2. The number of ether oxygens (including phenoxy) is 1. The van der Waals surface area contributed by atoms with Crippen molar-refractivity contribution < 1.29 is 9.84 Å². The lowest BCUT2D eigenvalue weighted by atomic mass is 9.91. The number of hydrogen-bond acceptors (Lipinski definition) is 4. The van der Waals surface area contributed by atoms with Gasteiger partial charge in [0.15, 0.2) is 11.5 Å². The van der Waals surface area contributed by atoms with E-state index in [1.165, 1.54) is 0 Å². The smallest absolute Gasteiger partial charge is 0.162 e. The molecule has 1 aliphatic rings. The van der Waals surface area contributed by atoms with Crippen molar-refractivity contribution >= 4 is 0 Å². The fourth-order valence-electron chi connectivity index (χ4n) is 2.85. The van der Waals surface area contributed by atoms with Gasteiger partial charge in [0.25, 0.3) is 0 Å². The van der Waals surface area contributed by atoms with Crippen molar-refractivity contribution in [1.82, 2.24) is 4.90 Å². The maximum atomic E-state index is 10.2. The van der Waals surface area contributed by atoms with Crippen molar-refractivity contribution in [2.45, 2.75) is 39.3 Å². The van der Waals surface area contributed by atoms with Crippen LogP contribution >= 0.6 is 0 Å². The van der Waals surface area contributed by atoms with Crippen LogP contribution in [0.3, 0.4) is 0 Å². The predicted molar refractivity (Wildman–Crippen MR) is 80.9 cm³/mol. The molecule has 1 fully saturated rings. The molecule has 0 aliphatic carbocycles. The quantitative estimate of drug-likeness (QED) is 0.868. The monoisotopic (exact) mass is 278 g/mol. The fourth-order valence-corrected chi connectivity index (χ4v) is 2.85. The van der Waals surface area contributed by atoms with Gasteiger partial charge in [-0.3, -0.25) is 4.90 Å². The van der Waals surface area contributed by atoms with Crippen LogP contribution in [0.25, 0.3) is 0 Å². The van der Waals surface area contributed by atoms with E-state index in [-0.39, 0.29) is 11.8 Å². The molecule has 0 saturated carbocycles. The van der Waals surface area contributed by atoms with Gasteiger partial charge in [0.2, 0.25) is 0 Å². The number of nitrogens with two attached hydrogens (primary N) is 1. The maximum Gasteiger partial charge on any atom is 0.162 e. The zero-order valence-electron chi connectivity index (χ0n) is 12.5. The first-order valence-corrected chi connectivity index (χ1v) is 7.53. The van der Waals surface area contributed by atoms with Crippen molar-refractivity contribution in [2.75, 3.05) is 19.7 Å². The van der Waals surface area contributed by atoms with Gasteiger partial charge in [-0.15, -0.1) is 0 Å². The second-order valence-corrected chi connectivity index (χ2v) is 5.67. The average Bonchev–Trinajstić information content (AvgIpc) is 2.44. The summed E-state index contributed by atoms with van der Waals surface area (Å²) in [5.41, 5.74) is 6.91. The second kappa shape index (κ2) is 6.95. The lowest BCUT2D eigenvalue weighted by molar-refractivity contribution is 0.164. The third-order valence-electron chi connectivity index (χ3n) is 4.15. The van der Waals surface area contributed by atoms with Gasteiger partial charge in [-0.2, -0.15) is 0 Å². The molecule has 4 nitrogen and oxygen atoms in total. The second-order valence-electron chi connectivity index (χ2n) is 5.67. The number of phenols is 1. The van der Waals surface area contributed by atoms with Gasteiger partial charge in [-0.1, -0.05) is 12.1 Å². The van der Waals surface area contributed by atoms with Gasteiger partial charge < -0.3 is 15.6 Å². The lowest BCUT2D eigenvalue weighted by Gasteiger charge is -2.33. The van der Waals surface area contributed by atoms with E-state index in [0.29, 0.717) is 18.3 Å². The van der Waals surface area contributed by atoms with Gasteiger partial charge >= 0.3 is 0 Å². The number of hydrogen-bond donors (Lipinski definition) is 2. The van der Waals surface area contributed by atoms with Gasteiger partial charge in [0.05, 0.1) is 6.61 Å². The van der Waals surface area contributed by atoms with E-state index in [0.717, 1.165) is 38.0 Å². The van der Waals surface area contributed by atoms with E-state index >= 15 is 0 Å². The Balaban J connectivity index is 1.96. The molecule has 0 bridgehead atoms. The van der Waals surface area contributed by atoms with Gasteiger partial charge in [-0.05, 0) is 51.8 Å². The number of piperidine rings is 1. The summed E-state index contributed by atoms with van der Waals surface area (Å²) < 4.78 is 5.43. The van der Waals surface area contributed by atoms with E-state index in [1.807, 2.05) is 25.1 Å². The highest BCUT2D eigenvalue weighted by molar-refractivity contribution is 5.45. The third kappa shape index (κ3) is 3.64. The average molecular weight is 278 g/mol. The zero-order valence-corrected chi connectivity index (χ0v) is 12.5. The number of nitrogens with zero attached hydrogens (tertiary/aromatic N) is 1. The molecule has 4 heteroatoms. The van der Waals surface area contributed by atoms with Crippen LogP contribution in [0.2, 0.25) is 0 Å². The van der Waals surface area contributed by atoms with Gasteiger partial charge in [0, 0.05) is 18.2 Å². The van der Waals surface area contributed by atoms with E-state index < -0.39 is 0 Å². The summed E-state index contributed by atoms with van der Waals surface area (Å²) in [4.78, 5) is 2.38. The van der Waals surface area contributed by atoms with Crippen LogP contribution in [-0.4, -0.2) is 35.7 Å². The molecule has 0 radical (unpaired) electrons. The van der Waals surface area contributed by atoms with E-state index in [1.54, 1.807) is 0 Å². The Labute approximate surface area is 121 Å². The molecule has 1 atom stereocenters. The number of rotatable bonds is 5. The SMILES string of the molecule is CCOc1cccc(CN2CCC(C(C)N)CC2)c1O. The molecule has 3 N–H and O–H groups in total. The maximum absolute atomic E-state index is 10.2. The van der Waals surface area contributed by atoms with Crippen LogP contribution in [0.4, 0.5) is 0 Å². The Hall–Kier alpha value is -1.26. The normalized spacial score (nSPS) is 18.9. The zero-order chi connectivity index (χ0) is 14.5. The molecule has 1 aliphatic heterocycles. The third-order valence-corrected chi connectivity index (χ3v) is 4.15. The Kier molecular flexibility index (Phi) is 5.26. The summed E-state index contributed by atoms with van der Waals surface area (Å²) >= 11 is 0. The summed E-state index contributed by atoms with van der Waals surface area (Å²) in [7, 11) is 0. The first kappa shape index (κ1) is 15.1. The van der Waals surface area contributed by atoms with Crippen LogP contribution < -0.4 is 10.5 Å². The lowest BCUT2D eigenvalue weighted by Crippen LogP contribution is -2.39. The number of likely N-dealkylation sites (tertiary alicyclic amines) is 1. The fraction of sp³-hybridized carbons (Fsp3) is 0.625. The van der Waals surface area contributed by atoms with Crippen molar-refractivity contribution in [3.8, 4) is 11.5 Å². The topological polar surface area (TPSA) is 58.7 Å². The Morgan fingerprint density at radius 3 is 2.70 bits per heavy atom. The van der Waals surface area contributed by atoms with Gasteiger partial charge in [0.1, 0.15) is 0 Å². The summed E-state index contributed by atoms with van der Waals surface area (Å²) in [6, 6.07) is 6.00. The largest absolute Gasteiger partial charge is 0.504 e. The number of para-hydroxylation sites is 1. The van der Waals surface area contributed by atoms with Crippen LogP contribution in [-0.2, 0) is 6.54 Å². The summed E-state index contributed by atoms with van der Waals surface area (Å²) in [6.07, 6.45) is 2.28. The molecule has 0 spiro atoms. The predicted octanol–water partition coefficient (Wildman–Crippen LogP) is 2.35. The number of phenolic OH excluding ortho intramolecular Hbond substituents is 1. The molecule has 1 saturated heterocycles. The van der Waals surface area contributed by atoms with Gasteiger partial charge in [-0.25, -0.2) is 0 Å². The summed E-state index contributed by atoms with van der Waals surface area (Å²) in [5.74, 6) is 1.49. The molecule has 1 aromatic rings. The van der Waals surface area contributed by atoms with Crippen molar-refractivity contribution in [3.05, 3.63) is 23.8 Å². The first-order valence-electron chi connectivity index (χ1n) is 7.53. The highest BCUT2D eigenvalue weighted by Gasteiger charge is 2.22. The molecule has 1 unspecified atom stereocenters. The highest BCUT2D eigenvalue weighted by atomic mass is 16.5. The van der Waals surface area contributed by atoms with E-state index in [9.17, 15) is 5.11 Å². The minimum atomic E-state index is 0.281. The van der Waals surface area contributed by atoms with Crippen molar-refractivity contribution in [1.29, 1.82) is 0 Å².